The molecule has 0 aliphatic carbocycles. The molecule has 0 bridgehead atoms. The minimum Gasteiger partial charge on any atom is -0.354 e. The van der Waals surface area contributed by atoms with E-state index in [-0.39, 0.29) is 0 Å². The molecule has 4 heterocycles. The van der Waals surface area contributed by atoms with E-state index in [9.17, 15) is 4.79 Å². The predicted octanol–water partition coefficient (Wildman–Crippen LogP) is 5.16. The van der Waals surface area contributed by atoms with Gasteiger partial charge in [0.2, 0.25) is 0 Å². The first-order valence-corrected chi connectivity index (χ1v) is 11.7. The van der Waals surface area contributed by atoms with Gasteiger partial charge in [0.15, 0.2) is 5.65 Å². The van der Waals surface area contributed by atoms with Gasteiger partial charge in [-0.25, -0.2) is 9.50 Å². The second kappa shape index (κ2) is 8.51. The van der Waals surface area contributed by atoms with Crippen molar-refractivity contribution in [3.05, 3.63) is 54.0 Å². The summed E-state index contributed by atoms with van der Waals surface area (Å²) in [5.74, 6) is 1.26. The first kappa shape index (κ1) is 20.9. The molecule has 0 saturated carbocycles. The van der Waals surface area contributed by atoms with Crippen molar-refractivity contribution in [2.24, 2.45) is 0 Å². The van der Waals surface area contributed by atoms with E-state index in [1.54, 1.807) is 6.33 Å². The summed E-state index contributed by atoms with van der Waals surface area (Å²) in [6, 6.07) is 11.1. The highest BCUT2D eigenvalue weighted by Crippen LogP contribution is 2.39. The lowest BCUT2D eigenvalue weighted by atomic mass is 9.87. The fourth-order valence-corrected chi connectivity index (χ4v) is 5.12. The number of ketones is 1. The molecule has 5 rings (SSSR count). The van der Waals surface area contributed by atoms with E-state index in [1.807, 2.05) is 23.7 Å². The van der Waals surface area contributed by atoms with Gasteiger partial charge in [-0.2, -0.15) is 5.10 Å². The molecule has 0 amide bonds. The van der Waals surface area contributed by atoms with Crippen molar-refractivity contribution in [2.45, 2.75) is 51.9 Å². The van der Waals surface area contributed by atoms with Crippen LogP contribution in [-0.4, -0.2) is 49.9 Å². The number of pyridine rings is 1. The molecule has 3 aromatic heterocycles. The number of H-pyrrole nitrogens is 1. The van der Waals surface area contributed by atoms with E-state index >= 15 is 0 Å². The number of nitrogens with one attached hydrogen (secondary N) is 1. The number of nitrogens with zero attached hydrogens (tertiary/aromatic N) is 4. The molecule has 0 atom stereocenters. The Bertz CT molecular complexity index is 1260. The number of rotatable bonds is 6. The van der Waals surface area contributed by atoms with Crippen molar-refractivity contribution in [1.29, 1.82) is 0 Å². The lowest BCUT2D eigenvalue weighted by Gasteiger charge is -2.31. The van der Waals surface area contributed by atoms with Crippen LogP contribution in [0.1, 0.15) is 63.0 Å². The molecule has 32 heavy (non-hydrogen) atoms. The van der Waals surface area contributed by atoms with Crippen molar-refractivity contribution in [3.8, 4) is 11.3 Å². The first-order valence-electron chi connectivity index (χ1n) is 11.7. The third-order valence-corrected chi connectivity index (χ3v) is 6.87. The minimum absolute atomic E-state index is 0.342. The normalized spacial score (nSPS) is 15.9. The topological polar surface area (TPSA) is 66.3 Å². The number of piperidine rings is 1. The molecule has 1 fully saturated rings. The Morgan fingerprint density at radius 1 is 1.22 bits per heavy atom. The summed E-state index contributed by atoms with van der Waals surface area (Å²) in [5, 5.41) is 5.61. The van der Waals surface area contributed by atoms with Crippen molar-refractivity contribution in [2.75, 3.05) is 19.6 Å². The second-order valence-electron chi connectivity index (χ2n) is 9.27. The number of hydrogen-bond acceptors (Lipinski definition) is 4. The highest BCUT2D eigenvalue weighted by atomic mass is 16.1. The number of benzene rings is 1. The van der Waals surface area contributed by atoms with Crippen molar-refractivity contribution in [1.82, 2.24) is 24.5 Å². The standard InChI is InChI=1S/C26H31N5O/c1-4-20(32)15-30-12-9-18(10-13-30)19-7-8-23-22(14-19)24(17(2)3)25(29-23)21-6-5-11-31-26(21)27-16-28-31/h5-8,11,14,16-18,29H,4,9-10,12-13,15H2,1-3H3. The van der Waals surface area contributed by atoms with Crippen molar-refractivity contribution < 1.29 is 4.79 Å². The smallest absolute Gasteiger partial charge is 0.164 e. The van der Waals surface area contributed by atoms with Gasteiger partial charge in [0.25, 0.3) is 0 Å². The Morgan fingerprint density at radius 3 is 2.78 bits per heavy atom. The quantitative estimate of drug-likeness (QED) is 0.460. The van der Waals surface area contributed by atoms with Crippen LogP contribution in [0.25, 0.3) is 27.8 Å². The number of carbonyl (C=O) groups is 1. The second-order valence-corrected chi connectivity index (χ2v) is 9.27. The lowest BCUT2D eigenvalue weighted by Crippen LogP contribution is -2.36. The number of aromatic amines is 1. The molecule has 1 aromatic carbocycles. The maximum Gasteiger partial charge on any atom is 0.164 e. The summed E-state index contributed by atoms with van der Waals surface area (Å²) >= 11 is 0. The van der Waals surface area contributed by atoms with Crippen LogP contribution in [0.5, 0.6) is 0 Å². The van der Waals surface area contributed by atoms with Gasteiger partial charge >= 0.3 is 0 Å². The van der Waals surface area contributed by atoms with Gasteiger partial charge in [-0.1, -0.05) is 26.8 Å². The largest absolute Gasteiger partial charge is 0.354 e. The number of likely N-dealkylation sites (tertiary alicyclic amines) is 1. The summed E-state index contributed by atoms with van der Waals surface area (Å²) in [7, 11) is 0. The number of hydrogen-bond donors (Lipinski definition) is 1. The van der Waals surface area contributed by atoms with E-state index < -0.39 is 0 Å². The fourth-order valence-electron chi connectivity index (χ4n) is 5.12. The van der Waals surface area contributed by atoms with E-state index in [1.165, 1.54) is 22.0 Å². The Kier molecular flexibility index (Phi) is 5.55. The van der Waals surface area contributed by atoms with Crippen LogP contribution < -0.4 is 0 Å². The van der Waals surface area contributed by atoms with Crippen LogP contribution in [0.2, 0.25) is 0 Å². The minimum atomic E-state index is 0.342. The first-order chi connectivity index (χ1) is 15.5. The van der Waals surface area contributed by atoms with Crippen LogP contribution in [0.15, 0.2) is 42.9 Å². The zero-order valence-electron chi connectivity index (χ0n) is 19.1. The average Bonchev–Trinajstić information content (AvgIpc) is 3.43. The molecule has 6 heteroatoms. The highest BCUT2D eigenvalue weighted by molar-refractivity contribution is 5.94. The van der Waals surface area contributed by atoms with E-state index in [0.29, 0.717) is 30.6 Å². The number of aromatic nitrogens is 4. The predicted molar refractivity (Wildman–Crippen MR) is 128 cm³/mol. The van der Waals surface area contributed by atoms with E-state index in [0.717, 1.165) is 42.8 Å². The molecule has 1 aliphatic heterocycles. The van der Waals surface area contributed by atoms with E-state index in [2.05, 4.69) is 58.1 Å². The maximum absolute atomic E-state index is 11.8. The fraction of sp³-hybridized carbons (Fsp3) is 0.423. The van der Waals surface area contributed by atoms with E-state index in [4.69, 9.17) is 0 Å². The summed E-state index contributed by atoms with van der Waals surface area (Å²) in [6.07, 6.45) is 6.38. The van der Waals surface area contributed by atoms with Crippen LogP contribution >= 0.6 is 0 Å². The van der Waals surface area contributed by atoms with Crippen molar-refractivity contribution >= 4 is 22.3 Å². The summed E-state index contributed by atoms with van der Waals surface area (Å²) in [4.78, 5) is 22.3. The third kappa shape index (κ3) is 3.73. The molecule has 1 aliphatic rings. The van der Waals surface area contributed by atoms with Crippen LogP contribution in [0, 0.1) is 0 Å². The zero-order valence-corrected chi connectivity index (χ0v) is 19.1. The average molecular weight is 430 g/mol. The maximum atomic E-state index is 11.8. The van der Waals surface area contributed by atoms with Gasteiger partial charge in [-0.05, 0) is 73.2 Å². The van der Waals surface area contributed by atoms with Gasteiger partial charge in [-0.3, -0.25) is 9.69 Å². The molecule has 6 nitrogen and oxygen atoms in total. The zero-order chi connectivity index (χ0) is 22.2. The third-order valence-electron chi connectivity index (χ3n) is 6.87. The molecule has 166 valence electrons. The summed E-state index contributed by atoms with van der Waals surface area (Å²) < 4.78 is 1.83. The Balaban J connectivity index is 1.49. The molecule has 0 radical (unpaired) electrons. The molecule has 0 unspecified atom stereocenters. The molecule has 1 N–H and O–H groups in total. The molecular formula is C26H31N5O. The molecule has 0 spiro atoms. The van der Waals surface area contributed by atoms with Crippen LogP contribution in [0.4, 0.5) is 0 Å². The van der Waals surface area contributed by atoms with Gasteiger partial charge in [-0.15, -0.1) is 0 Å². The van der Waals surface area contributed by atoms with Crippen LogP contribution in [0.3, 0.4) is 0 Å². The number of fused-ring (bicyclic) bond motifs is 2. The van der Waals surface area contributed by atoms with Crippen molar-refractivity contribution in [3.63, 3.8) is 0 Å². The molecule has 1 saturated heterocycles. The lowest BCUT2D eigenvalue weighted by molar-refractivity contribution is -0.120. The Morgan fingerprint density at radius 2 is 2.03 bits per heavy atom. The SMILES string of the molecule is CCC(=O)CN1CCC(c2ccc3[nH]c(-c4cccn5ncnc45)c(C(C)C)c3c2)CC1. The van der Waals surface area contributed by atoms with Gasteiger partial charge in [0.05, 0.1) is 12.2 Å². The number of Topliss-reactive ketones (excluding diaryl/α,β-unsaturated/α-hetero) is 1. The molecular weight excluding hydrogens is 398 g/mol. The summed E-state index contributed by atoms with van der Waals surface area (Å²) in [6.45, 7) is 9.07. The van der Waals surface area contributed by atoms with Gasteiger partial charge in [0.1, 0.15) is 12.1 Å². The van der Waals surface area contributed by atoms with Gasteiger partial charge < -0.3 is 4.98 Å². The van der Waals surface area contributed by atoms with Gasteiger partial charge in [0, 0.05) is 29.1 Å². The highest BCUT2D eigenvalue weighted by Gasteiger charge is 2.24. The monoisotopic (exact) mass is 429 g/mol. The Hall–Kier alpha value is -2.99. The number of carbonyl (C=O) groups excluding carboxylic acids is 1. The summed E-state index contributed by atoms with van der Waals surface area (Å²) in [5.41, 5.74) is 7.00. The Labute approximate surface area is 188 Å². The van der Waals surface area contributed by atoms with Crippen LogP contribution in [-0.2, 0) is 4.79 Å². The molecule has 4 aromatic rings.